The third-order valence-corrected chi connectivity index (χ3v) is 6.25. The minimum absolute atomic E-state index is 0.0268. The number of amides is 1. The number of carbonyl (C=O) groups excluding carboxylic acids is 1. The SMILES string of the molecule is O=C(CN(C[C@H](O)COc1ccccc1)C[C@@H](O)COc1ccccc1)NC(c1ccccc1)c1ccccc1. The molecule has 7 nitrogen and oxygen atoms in total. The average molecular weight is 541 g/mol. The van der Waals surface area contributed by atoms with Crippen LogP contribution in [0.2, 0.25) is 0 Å². The molecule has 0 radical (unpaired) electrons. The third kappa shape index (κ3) is 9.54. The molecular formula is C33H36N2O5. The van der Waals surface area contributed by atoms with Gasteiger partial charge in [-0.05, 0) is 35.4 Å². The molecule has 0 aliphatic rings. The monoisotopic (exact) mass is 540 g/mol. The van der Waals surface area contributed by atoms with Crippen LogP contribution in [0.15, 0.2) is 121 Å². The van der Waals surface area contributed by atoms with Gasteiger partial charge in [-0.15, -0.1) is 0 Å². The highest BCUT2D eigenvalue weighted by molar-refractivity contribution is 5.79. The van der Waals surface area contributed by atoms with Crippen LogP contribution in [0.5, 0.6) is 11.5 Å². The quantitative estimate of drug-likeness (QED) is 0.211. The molecule has 4 aromatic rings. The van der Waals surface area contributed by atoms with Crippen LogP contribution in [0.4, 0.5) is 0 Å². The fourth-order valence-corrected chi connectivity index (χ4v) is 4.38. The van der Waals surface area contributed by atoms with Crippen LogP contribution < -0.4 is 14.8 Å². The molecule has 2 atom stereocenters. The van der Waals surface area contributed by atoms with E-state index in [1.54, 1.807) is 4.90 Å². The number of aliphatic hydroxyl groups is 2. The summed E-state index contributed by atoms with van der Waals surface area (Å²) in [5.74, 6) is 1.07. The maximum atomic E-state index is 13.4. The van der Waals surface area contributed by atoms with Crippen molar-refractivity contribution in [3.05, 3.63) is 132 Å². The van der Waals surface area contributed by atoms with Crippen LogP contribution in [0.3, 0.4) is 0 Å². The average Bonchev–Trinajstić information content (AvgIpc) is 2.99. The topological polar surface area (TPSA) is 91.3 Å². The van der Waals surface area contributed by atoms with Crippen molar-refractivity contribution in [1.82, 2.24) is 10.2 Å². The van der Waals surface area contributed by atoms with E-state index in [1.165, 1.54) is 0 Å². The first-order valence-electron chi connectivity index (χ1n) is 13.4. The zero-order valence-corrected chi connectivity index (χ0v) is 22.4. The van der Waals surface area contributed by atoms with Crippen molar-refractivity contribution in [2.75, 3.05) is 32.8 Å². The van der Waals surface area contributed by atoms with Crippen molar-refractivity contribution >= 4 is 5.91 Å². The van der Waals surface area contributed by atoms with Gasteiger partial charge in [0.05, 0.1) is 12.6 Å². The lowest BCUT2D eigenvalue weighted by atomic mass is 9.98. The third-order valence-electron chi connectivity index (χ3n) is 6.25. The molecule has 208 valence electrons. The molecule has 0 unspecified atom stereocenters. The molecule has 40 heavy (non-hydrogen) atoms. The highest BCUT2D eigenvalue weighted by Crippen LogP contribution is 2.21. The van der Waals surface area contributed by atoms with Gasteiger partial charge in [-0.1, -0.05) is 97.1 Å². The Morgan fingerprint density at radius 2 is 1.00 bits per heavy atom. The number of aliphatic hydroxyl groups excluding tert-OH is 2. The maximum absolute atomic E-state index is 13.4. The molecular weight excluding hydrogens is 504 g/mol. The molecule has 0 aliphatic carbocycles. The number of benzene rings is 4. The Balaban J connectivity index is 1.41. The summed E-state index contributed by atoms with van der Waals surface area (Å²) in [5, 5.41) is 24.6. The van der Waals surface area contributed by atoms with E-state index >= 15 is 0 Å². The number of ether oxygens (including phenoxy) is 2. The standard InChI is InChI=1S/C33H36N2O5/c36-28(24-39-30-17-9-3-10-18-30)21-35(22-29(37)25-40-31-19-11-4-12-20-31)23-32(38)34-33(26-13-5-1-6-14-26)27-15-7-2-8-16-27/h1-20,28-29,33,36-37H,21-25H2,(H,34,38)/t28-,29+. The summed E-state index contributed by atoms with van der Waals surface area (Å²) < 4.78 is 11.4. The molecule has 1 amide bonds. The van der Waals surface area contributed by atoms with Gasteiger partial charge >= 0.3 is 0 Å². The van der Waals surface area contributed by atoms with E-state index in [0.29, 0.717) is 11.5 Å². The summed E-state index contributed by atoms with van der Waals surface area (Å²) in [6, 6.07) is 37.7. The number of nitrogens with one attached hydrogen (secondary N) is 1. The Morgan fingerprint density at radius 1 is 0.625 bits per heavy atom. The normalized spacial score (nSPS) is 12.6. The van der Waals surface area contributed by atoms with Gasteiger partial charge in [0.15, 0.2) is 0 Å². The maximum Gasteiger partial charge on any atom is 0.234 e. The second-order valence-electron chi connectivity index (χ2n) is 9.57. The van der Waals surface area contributed by atoms with Crippen LogP contribution in [0, 0.1) is 0 Å². The summed E-state index contributed by atoms with van der Waals surface area (Å²) in [4.78, 5) is 15.1. The first-order valence-corrected chi connectivity index (χ1v) is 13.4. The smallest absolute Gasteiger partial charge is 0.234 e. The van der Waals surface area contributed by atoms with Crippen LogP contribution in [0.25, 0.3) is 0 Å². The predicted molar refractivity (Wildman–Crippen MR) is 155 cm³/mol. The highest BCUT2D eigenvalue weighted by Gasteiger charge is 2.22. The van der Waals surface area contributed by atoms with E-state index < -0.39 is 12.2 Å². The number of carbonyl (C=O) groups is 1. The molecule has 4 rings (SSSR count). The van der Waals surface area contributed by atoms with Crippen molar-refractivity contribution in [2.45, 2.75) is 18.2 Å². The molecule has 0 heterocycles. The fraction of sp³-hybridized carbons (Fsp3) is 0.242. The van der Waals surface area contributed by atoms with Crippen molar-refractivity contribution in [3.63, 3.8) is 0 Å². The van der Waals surface area contributed by atoms with E-state index in [1.807, 2.05) is 121 Å². The van der Waals surface area contributed by atoms with Crippen LogP contribution in [0.1, 0.15) is 17.2 Å². The van der Waals surface area contributed by atoms with Crippen molar-refractivity contribution in [2.24, 2.45) is 0 Å². The van der Waals surface area contributed by atoms with Gasteiger partial charge in [-0.3, -0.25) is 9.69 Å². The molecule has 4 aromatic carbocycles. The van der Waals surface area contributed by atoms with E-state index in [9.17, 15) is 15.0 Å². The van der Waals surface area contributed by atoms with Crippen LogP contribution >= 0.6 is 0 Å². The Morgan fingerprint density at radius 3 is 1.40 bits per heavy atom. The van der Waals surface area contributed by atoms with E-state index in [4.69, 9.17) is 9.47 Å². The van der Waals surface area contributed by atoms with Gasteiger partial charge in [-0.2, -0.15) is 0 Å². The summed E-state index contributed by atoms with van der Waals surface area (Å²) in [6.45, 7) is 0.333. The molecule has 0 spiro atoms. The second kappa shape index (κ2) is 15.4. The minimum atomic E-state index is -0.880. The Kier molecular flexibility index (Phi) is 11.1. The first kappa shape index (κ1) is 28.8. The number of hydrogen-bond acceptors (Lipinski definition) is 6. The number of rotatable bonds is 15. The molecule has 0 saturated carbocycles. The van der Waals surface area contributed by atoms with Crippen molar-refractivity contribution in [1.29, 1.82) is 0 Å². The lowest BCUT2D eigenvalue weighted by molar-refractivity contribution is -0.123. The van der Waals surface area contributed by atoms with Crippen molar-refractivity contribution in [3.8, 4) is 11.5 Å². The van der Waals surface area contributed by atoms with E-state index in [0.717, 1.165) is 11.1 Å². The number of hydrogen-bond donors (Lipinski definition) is 3. The number of para-hydroxylation sites is 2. The molecule has 3 N–H and O–H groups in total. The summed E-state index contributed by atoms with van der Waals surface area (Å²) in [6.07, 6.45) is -1.76. The first-order chi connectivity index (χ1) is 19.6. The van der Waals surface area contributed by atoms with Gasteiger partial charge in [-0.25, -0.2) is 0 Å². The molecule has 0 aromatic heterocycles. The lowest BCUT2D eigenvalue weighted by Crippen LogP contribution is -2.46. The van der Waals surface area contributed by atoms with Crippen LogP contribution in [-0.2, 0) is 4.79 Å². The van der Waals surface area contributed by atoms with Crippen molar-refractivity contribution < 1.29 is 24.5 Å². The molecule has 0 saturated heterocycles. The molecule has 0 bridgehead atoms. The van der Waals surface area contributed by atoms with Gasteiger partial charge in [0.25, 0.3) is 0 Å². The second-order valence-corrected chi connectivity index (χ2v) is 9.57. The zero-order chi connectivity index (χ0) is 28.0. The molecule has 0 fully saturated rings. The zero-order valence-electron chi connectivity index (χ0n) is 22.4. The summed E-state index contributed by atoms with van der Waals surface area (Å²) in [5.41, 5.74) is 1.92. The van der Waals surface area contributed by atoms with E-state index in [-0.39, 0.29) is 44.8 Å². The van der Waals surface area contributed by atoms with Gasteiger partial charge in [0.1, 0.15) is 36.9 Å². The Labute approximate surface area is 235 Å². The highest BCUT2D eigenvalue weighted by atomic mass is 16.5. The lowest BCUT2D eigenvalue weighted by Gasteiger charge is -2.28. The number of nitrogens with zero attached hydrogens (tertiary/aromatic N) is 1. The van der Waals surface area contributed by atoms with Crippen LogP contribution in [-0.4, -0.2) is 66.1 Å². The predicted octanol–water partition coefficient (Wildman–Crippen LogP) is 4.07. The summed E-state index contributed by atoms with van der Waals surface area (Å²) >= 11 is 0. The minimum Gasteiger partial charge on any atom is -0.491 e. The largest absolute Gasteiger partial charge is 0.491 e. The Hall–Kier alpha value is -4.17. The fourth-order valence-electron chi connectivity index (χ4n) is 4.38. The Bertz CT molecular complexity index is 1170. The van der Waals surface area contributed by atoms with E-state index in [2.05, 4.69) is 5.32 Å². The van der Waals surface area contributed by atoms with Gasteiger partial charge < -0.3 is 25.0 Å². The summed E-state index contributed by atoms with van der Waals surface area (Å²) in [7, 11) is 0. The van der Waals surface area contributed by atoms with Gasteiger partial charge in [0, 0.05) is 13.1 Å². The molecule has 0 aliphatic heterocycles. The molecule has 7 heteroatoms. The van der Waals surface area contributed by atoms with Gasteiger partial charge in [0.2, 0.25) is 5.91 Å².